The van der Waals surface area contributed by atoms with Crippen LogP contribution in [0.1, 0.15) is 18.1 Å². The minimum Gasteiger partial charge on any atom is -0.490 e. The zero-order chi connectivity index (χ0) is 26.4. The Bertz CT molecular complexity index is 1430. The number of ether oxygens (including phenoxy) is 2. The molecule has 0 aromatic heterocycles. The Morgan fingerprint density at radius 2 is 1.68 bits per heavy atom. The first-order valence-electron chi connectivity index (χ1n) is 11.2. The SMILES string of the molecule is CCOc1cc(/C=C2\C(=O)NC(=O)N(c3ccccc3F)C2=O)ccc1OC(=O)/C=C/c1ccccc1. The van der Waals surface area contributed by atoms with Gasteiger partial charge in [-0.1, -0.05) is 48.5 Å². The number of hydrogen-bond acceptors (Lipinski definition) is 6. The van der Waals surface area contributed by atoms with Gasteiger partial charge in [0.25, 0.3) is 11.8 Å². The highest BCUT2D eigenvalue weighted by atomic mass is 19.1. The highest BCUT2D eigenvalue weighted by Gasteiger charge is 2.38. The standard InChI is InChI=1S/C28H21FN2O6/c1-2-36-24-17-19(12-14-23(24)37-25(32)15-13-18-8-4-3-5-9-18)16-20-26(33)30-28(35)31(27(20)34)22-11-7-6-10-21(22)29/h3-17H,2H2,1H3,(H,30,33,35)/b15-13+,20-16+. The maximum atomic E-state index is 14.3. The minimum atomic E-state index is -1.06. The van der Waals surface area contributed by atoms with Crippen LogP contribution in [-0.4, -0.2) is 30.4 Å². The van der Waals surface area contributed by atoms with Gasteiger partial charge in [0.2, 0.25) is 0 Å². The molecule has 37 heavy (non-hydrogen) atoms. The number of carbonyl (C=O) groups is 4. The van der Waals surface area contributed by atoms with Crippen LogP contribution in [0.4, 0.5) is 14.9 Å². The van der Waals surface area contributed by atoms with Crippen molar-refractivity contribution in [1.29, 1.82) is 0 Å². The van der Waals surface area contributed by atoms with Gasteiger partial charge in [-0.15, -0.1) is 0 Å². The molecule has 3 aromatic carbocycles. The maximum Gasteiger partial charge on any atom is 0.336 e. The van der Waals surface area contributed by atoms with Crippen molar-refractivity contribution in [3.05, 3.63) is 101 Å². The van der Waals surface area contributed by atoms with E-state index in [-0.39, 0.29) is 29.4 Å². The number of amides is 4. The van der Waals surface area contributed by atoms with Gasteiger partial charge in [0.05, 0.1) is 12.3 Å². The van der Waals surface area contributed by atoms with E-state index in [1.165, 1.54) is 48.6 Å². The molecule has 0 spiro atoms. The minimum absolute atomic E-state index is 0.134. The van der Waals surface area contributed by atoms with Crippen LogP contribution in [-0.2, 0) is 14.4 Å². The molecule has 1 aliphatic heterocycles. The average Bonchev–Trinajstić information content (AvgIpc) is 2.88. The fourth-order valence-electron chi connectivity index (χ4n) is 3.51. The molecule has 0 radical (unpaired) electrons. The Balaban J connectivity index is 1.60. The van der Waals surface area contributed by atoms with Crippen molar-refractivity contribution in [2.75, 3.05) is 11.5 Å². The Kier molecular flexibility index (Phi) is 7.53. The van der Waals surface area contributed by atoms with Crippen LogP contribution in [0.25, 0.3) is 12.2 Å². The van der Waals surface area contributed by atoms with Crippen molar-refractivity contribution in [2.24, 2.45) is 0 Å². The van der Waals surface area contributed by atoms with Crippen molar-refractivity contribution < 1.29 is 33.0 Å². The summed E-state index contributed by atoms with van der Waals surface area (Å²) in [5.41, 5.74) is 0.499. The molecule has 1 fully saturated rings. The predicted octanol–water partition coefficient (Wildman–Crippen LogP) is 4.51. The van der Waals surface area contributed by atoms with Gasteiger partial charge in [-0.2, -0.15) is 0 Å². The number of halogens is 1. The molecule has 186 valence electrons. The van der Waals surface area contributed by atoms with Crippen molar-refractivity contribution in [3.8, 4) is 11.5 Å². The molecule has 3 aromatic rings. The summed E-state index contributed by atoms with van der Waals surface area (Å²) in [4.78, 5) is 50.6. The molecule has 4 rings (SSSR count). The molecular formula is C28H21FN2O6. The lowest BCUT2D eigenvalue weighted by molar-refractivity contribution is -0.129. The Morgan fingerprint density at radius 3 is 2.41 bits per heavy atom. The number of hydrogen-bond donors (Lipinski definition) is 1. The van der Waals surface area contributed by atoms with Gasteiger partial charge in [-0.3, -0.25) is 14.9 Å². The summed E-state index contributed by atoms with van der Waals surface area (Å²) >= 11 is 0. The Morgan fingerprint density at radius 1 is 0.946 bits per heavy atom. The van der Waals surface area contributed by atoms with Crippen molar-refractivity contribution >= 4 is 41.7 Å². The van der Waals surface area contributed by atoms with Gasteiger partial charge in [0.1, 0.15) is 11.4 Å². The van der Waals surface area contributed by atoms with Crippen LogP contribution < -0.4 is 19.7 Å². The lowest BCUT2D eigenvalue weighted by Gasteiger charge is -2.26. The third-order valence-corrected chi connectivity index (χ3v) is 5.20. The Labute approximate surface area is 211 Å². The molecule has 0 atom stereocenters. The number of imide groups is 2. The monoisotopic (exact) mass is 500 g/mol. The van der Waals surface area contributed by atoms with Gasteiger partial charge in [0.15, 0.2) is 11.5 Å². The number of carbonyl (C=O) groups excluding carboxylic acids is 4. The number of esters is 1. The van der Waals surface area contributed by atoms with Gasteiger partial charge in [-0.05, 0) is 54.5 Å². The number of para-hydroxylation sites is 1. The summed E-state index contributed by atoms with van der Waals surface area (Å²) in [6.07, 6.45) is 4.12. The van der Waals surface area contributed by atoms with E-state index < -0.39 is 29.6 Å². The largest absolute Gasteiger partial charge is 0.490 e. The normalized spacial score (nSPS) is 14.7. The molecule has 1 N–H and O–H groups in total. The zero-order valence-corrected chi connectivity index (χ0v) is 19.6. The van der Waals surface area contributed by atoms with E-state index in [0.29, 0.717) is 10.5 Å². The van der Waals surface area contributed by atoms with Crippen molar-refractivity contribution in [2.45, 2.75) is 6.92 Å². The highest BCUT2D eigenvalue weighted by Crippen LogP contribution is 2.31. The smallest absolute Gasteiger partial charge is 0.336 e. The molecule has 1 aliphatic rings. The van der Waals surface area contributed by atoms with Crippen LogP contribution >= 0.6 is 0 Å². The number of urea groups is 1. The second kappa shape index (κ2) is 11.1. The number of nitrogens with one attached hydrogen (secondary N) is 1. The van der Waals surface area contributed by atoms with E-state index in [2.05, 4.69) is 0 Å². The first-order chi connectivity index (χ1) is 17.9. The number of nitrogens with zero attached hydrogens (tertiary/aromatic N) is 1. The lowest BCUT2D eigenvalue weighted by atomic mass is 10.1. The zero-order valence-electron chi connectivity index (χ0n) is 19.6. The summed E-state index contributed by atoms with van der Waals surface area (Å²) in [6.45, 7) is 1.99. The third-order valence-electron chi connectivity index (χ3n) is 5.20. The highest BCUT2D eigenvalue weighted by molar-refractivity contribution is 6.39. The lowest BCUT2D eigenvalue weighted by Crippen LogP contribution is -2.54. The molecule has 4 amide bonds. The molecule has 9 heteroatoms. The van der Waals surface area contributed by atoms with E-state index in [4.69, 9.17) is 9.47 Å². The quantitative estimate of drug-likeness (QED) is 0.222. The van der Waals surface area contributed by atoms with Crippen LogP contribution in [0.5, 0.6) is 11.5 Å². The van der Waals surface area contributed by atoms with E-state index in [0.717, 1.165) is 11.6 Å². The first kappa shape index (κ1) is 25.1. The summed E-state index contributed by atoms with van der Waals surface area (Å²) < 4.78 is 25.2. The fraction of sp³-hybridized carbons (Fsp3) is 0.0714. The molecule has 0 unspecified atom stereocenters. The van der Waals surface area contributed by atoms with Crippen LogP contribution in [0.2, 0.25) is 0 Å². The van der Waals surface area contributed by atoms with Crippen molar-refractivity contribution in [3.63, 3.8) is 0 Å². The Hall–Kier alpha value is -5.05. The molecule has 0 bridgehead atoms. The van der Waals surface area contributed by atoms with Crippen molar-refractivity contribution in [1.82, 2.24) is 5.32 Å². The van der Waals surface area contributed by atoms with Gasteiger partial charge >= 0.3 is 12.0 Å². The molecule has 0 saturated carbocycles. The summed E-state index contributed by atoms with van der Waals surface area (Å²) in [5, 5.41) is 2.04. The number of rotatable bonds is 7. The predicted molar refractivity (Wildman–Crippen MR) is 134 cm³/mol. The average molecular weight is 500 g/mol. The third kappa shape index (κ3) is 5.79. The van der Waals surface area contributed by atoms with E-state index in [1.54, 1.807) is 13.0 Å². The van der Waals surface area contributed by atoms with Gasteiger partial charge < -0.3 is 9.47 Å². The molecule has 0 aliphatic carbocycles. The molecular weight excluding hydrogens is 479 g/mol. The van der Waals surface area contributed by atoms with Crippen LogP contribution in [0.15, 0.2) is 84.4 Å². The number of barbiturate groups is 1. The second-order valence-electron chi connectivity index (χ2n) is 7.71. The summed E-state index contributed by atoms with van der Waals surface area (Å²) in [7, 11) is 0. The van der Waals surface area contributed by atoms with Gasteiger partial charge in [-0.25, -0.2) is 18.9 Å². The van der Waals surface area contributed by atoms with Crippen LogP contribution in [0, 0.1) is 5.82 Å². The second-order valence-corrected chi connectivity index (χ2v) is 7.71. The molecule has 1 heterocycles. The number of benzene rings is 3. The summed E-state index contributed by atoms with van der Waals surface area (Å²) in [6, 6.07) is 17.8. The molecule has 8 nitrogen and oxygen atoms in total. The van der Waals surface area contributed by atoms with E-state index >= 15 is 0 Å². The number of anilines is 1. The van der Waals surface area contributed by atoms with Crippen LogP contribution in [0.3, 0.4) is 0 Å². The first-order valence-corrected chi connectivity index (χ1v) is 11.2. The maximum absolute atomic E-state index is 14.3. The fourth-order valence-corrected chi connectivity index (χ4v) is 3.51. The van der Waals surface area contributed by atoms with E-state index in [1.807, 2.05) is 35.6 Å². The van der Waals surface area contributed by atoms with Gasteiger partial charge in [0, 0.05) is 6.08 Å². The topological polar surface area (TPSA) is 102 Å². The van der Waals surface area contributed by atoms with E-state index in [9.17, 15) is 23.6 Å². The molecule has 1 saturated heterocycles. The summed E-state index contributed by atoms with van der Waals surface area (Å²) in [5.74, 6) is -3.01.